The fourth-order valence-corrected chi connectivity index (χ4v) is 4.14. The Kier molecular flexibility index (Phi) is 2.49. The van der Waals surface area contributed by atoms with E-state index in [1.165, 1.54) is 45.1 Å². The SMILES string of the molecule is ClC1CC(CNC2CC3CCC2C3)C1. The van der Waals surface area contributed by atoms with Crippen molar-refractivity contribution in [1.29, 1.82) is 0 Å². The van der Waals surface area contributed by atoms with Crippen molar-refractivity contribution in [3.63, 3.8) is 0 Å². The first-order valence-corrected chi connectivity index (χ1v) is 6.62. The summed E-state index contributed by atoms with van der Waals surface area (Å²) in [6.45, 7) is 1.23. The molecule has 3 rings (SSSR count). The summed E-state index contributed by atoms with van der Waals surface area (Å²) in [5.74, 6) is 2.98. The molecule has 0 aromatic heterocycles. The molecule has 0 saturated heterocycles. The minimum atomic E-state index is 0.488. The molecule has 0 aromatic carbocycles. The zero-order valence-corrected chi connectivity index (χ0v) is 9.47. The summed E-state index contributed by atoms with van der Waals surface area (Å²) >= 11 is 5.97. The molecule has 2 bridgehead atoms. The Bertz CT molecular complexity index is 212. The lowest BCUT2D eigenvalue weighted by Gasteiger charge is -2.33. The fraction of sp³-hybridized carbons (Fsp3) is 1.00. The third kappa shape index (κ3) is 1.69. The summed E-state index contributed by atoms with van der Waals surface area (Å²) in [6.07, 6.45) is 8.47. The van der Waals surface area contributed by atoms with Crippen LogP contribution in [0.15, 0.2) is 0 Å². The molecule has 80 valence electrons. The van der Waals surface area contributed by atoms with Gasteiger partial charge in [-0.1, -0.05) is 6.42 Å². The van der Waals surface area contributed by atoms with E-state index in [-0.39, 0.29) is 0 Å². The summed E-state index contributed by atoms with van der Waals surface area (Å²) in [5.41, 5.74) is 0. The quantitative estimate of drug-likeness (QED) is 0.711. The van der Waals surface area contributed by atoms with Crippen molar-refractivity contribution in [2.45, 2.75) is 49.9 Å². The normalized spacial score (nSPS) is 50.8. The van der Waals surface area contributed by atoms with Crippen LogP contribution < -0.4 is 5.32 Å². The number of hydrogen-bond donors (Lipinski definition) is 1. The molecule has 14 heavy (non-hydrogen) atoms. The minimum absolute atomic E-state index is 0.488. The highest BCUT2D eigenvalue weighted by Gasteiger charge is 2.39. The van der Waals surface area contributed by atoms with Gasteiger partial charge in [0, 0.05) is 11.4 Å². The van der Waals surface area contributed by atoms with Gasteiger partial charge in [-0.15, -0.1) is 11.6 Å². The Morgan fingerprint density at radius 2 is 1.93 bits per heavy atom. The van der Waals surface area contributed by atoms with Gasteiger partial charge in [-0.2, -0.15) is 0 Å². The van der Waals surface area contributed by atoms with Gasteiger partial charge in [0.05, 0.1) is 0 Å². The lowest BCUT2D eigenvalue weighted by Crippen LogP contribution is -2.41. The second-order valence-corrected chi connectivity index (χ2v) is 6.24. The Balaban J connectivity index is 1.41. The average Bonchev–Trinajstić information content (AvgIpc) is 2.71. The van der Waals surface area contributed by atoms with E-state index in [1.807, 2.05) is 0 Å². The molecule has 0 aliphatic heterocycles. The summed E-state index contributed by atoms with van der Waals surface area (Å²) < 4.78 is 0. The van der Waals surface area contributed by atoms with Gasteiger partial charge in [0.25, 0.3) is 0 Å². The second-order valence-electron chi connectivity index (χ2n) is 5.62. The predicted octanol–water partition coefficient (Wildman–Crippen LogP) is 2.78. The lowest BCUT2D eigenvalue weighted by atomic mass is 9.84. The van der Waals surface area contributed by atoms with Crippen LogP contribution in [0, 0.1) is 17.8 Å². The number of hydrogen-bond acceptors (Lipinski definition) is 1. The molecule has 0 amide bonds. The average molecular weight is 214 g/mol. The minimum Gasteiger partial charge on any atom is -0.313 e. The molecular weight excluding hydrogens is 194 g/mol. The van der Waals surface area contributed by atoms with Gasteiger partial charge in [0.2, 0.25) is 0 Å². The molecule has 3 unspecified atom stereocenters. The molecule has 0 heterocycles. The van der Waals surface area contributed by atoms with E-state index < -0.39 is 0 Å². The standard InChI is InChI=1S/C12H20ClN/c13-11-4-9(5-11)7-14-12-6-8-1-2-10(12)3-8/h8-12,14H,1-7H2. The molecule has 3 fully saturated rings. The van der Waals surface area contributed by atoms with E-state index in [0.29, 0.717) is 5.38 Å². The van der Waals surface area contributed by atoms with Crippen molar-refractivity contribution >= 4 is 11.6 Å². The Morgan fingerprint density at radius 3 is 2.50 bits per heavy atom. The monoisotopic (exact) mass is 213 g/mol. The van der Waals surface area contributed by atoms with Crippen LogP contribution in [0.25, 0.3) is 0 Å². The first-order chi connectivity index (χ1) is 6.81. The molecule has 0 spiro atoms. The first kappa shape index (κ1) is 9.47. The first-order valence-electron chi connectivity index (χ1n) is 6.18. The largest absolute Gasteiger partial charge is 0.313 e. The van der Waals surface area contributed by atoms with Crippen molar-refractivity contribution in [3.05, 3.63) is 0 Å². The third-order valence-electron chi connectivity index (χ3n) is 4.58. The van der Waals surface area contributed by atoms with Crippen molar-refractivity contribution in [2.24, 2.45) is 17.8 Å². The zero-order valence-electron chi connectivity index (χ0n) is 8.71. The molecule has 0 aromatic rings. The van der Waals surface area contributed by atoms with Crippen LogP contribution >= 0.6 is 11.6 Å². The van der Waals surface area contributed by atoms with Crippen molar-refractivity contribution in [1.82, 2.24) is 5.32 Å². The van der Waals surface area contributed by atoms with E-state index in [4.69, 9.17) is 11.6 Å². The third-order valence-corrected chi connectivity index (χ3v) is 4.94. The van der Waals surface area contributed by atoms with Crippen LogP contribution in [0.4, 0.5) is 0 Å². The van der Waals surface area contributed by atoms with Crippen LogP contribution in [0.5, 0.6) is 0 Å². The van der Waals surface area contributed by atoms with E-state index >= 15 is 0 Å². The number of nitrogens with one attached hydrogen (secondary N) is 1. The van der Waals surface area contributed by atoms with Gasteiger partial charge in [0.1, 0.15) is 0 Å². The summed E-state index contributed by atoms with van der Waals surface area (Å²) in [7, 11) is 0. The number of rotatable bonds is 3. The lowest BCUT2D eigenvalue weighted by molar-refractivity contribution is 0.267. The molecule has 1 nitrogen and oxygen atoms in total. The van der Waals surface area contributed by atoms with Gasteiger partial charge in [-0.25, -0.2) is 0 Å². The van der Waals surface area contributed by atoms with Gasteiger partial charge in [0.15, 0.2) is 0 Å². The van der Waals surface area contributed by atoms with Crippen molar-refractivity contribution in [3.8, 4) is 0 Å². The highest BCUT2D eigenvalue weighted by molar-refractivity contribution is 6.21. The maximum atomic E-state index is 5.97. The topological polar surface area (TPSA) is 12.0 Å². The Labute approximate surface area is 91.6 Å². The number of halogens is 1. The van der Waals surface area contributed by atoms with Crippen LogP contribution in [-0.4, -0.2) is 18.0 Å². The zero-order chi connectivity index (χ0) is 9.54. The van der Waals surface area contributed by atoms with Crippen LogP contribution in [0.2, 0.25) is 0 Å². The molecule has 3 saturated carbocycles. The van der Waals surface area contributed by atoms with Gasteiger partial charge in [-0.3, -0.25) is 0 Å². The summed E-state index contributed by atoms with van der Waals surface area (Å²) in [4.78, 5) is 0. The van der Waals surface area contributed by atoms with Gasteiger partial charge < -0.3 is 5.32 Å². The maximum Gasteiger partial charge on any atom is 0.0342 e. The van der Waals surface area contributed by atoms with E-state index in [1.54, 1.807) is 0 Å². The van der Waals surface area contributed by atoms with Crippen LogP contribution in [0.1, 0.15) is 38.5 Å². The predicted molar refractivity (Wildman–Crippen MR) is 59.6 cm³/mol. The number of alkyl halides is 1. The van der Waals surface area contributed by atoms with Gasteiger partial charge >= 0.3 is 0 Å². The van der Waals surface area contributed by atoms with Crippen LogP contribution in [-0.2, 0) is 0 Å². The van der Waals surface area contributed by atoms with Crippen molar-refractivity contribution in [2.75, 3.05) is 6.54 Å². The molecule has 0 radical (unpaired) electrons. The number of fused-ring (bicyclic) bond motifs is 2. The van der Waals surface area contributed by atoms with Gasteiger partial charge in [-0.05, 0) is 56.4 Å². The maximum absolute atomic E-state index is 5.97. The fourth-order valence-electron chi connectivity index (χ4n) is 3.63. The highest BCUT2D eigenvalue weighted by atomic mass is 35.5. The molecule has 3 atom stereocenters. The summed E-state index contributed by atoms with van der Waals surface area (Å²) in [5, 5.41) is 4.26. The second kappa shape index (κ2) is 3.68. The van der Waals surface area contributed by atoms with E-state index in [9.17, 15) is 0 Å². The Morgan fingerprint density at radius 1 is 1.07 bits per heavy atom. The highest BCUT2D eigenvalue weighted by Crippen LogP contribution is 2.44. The molecule has 3 aliphatic rings. The Hall–Kier alpha value is 0.250. The molecule has 3 aliphatic carbocycles. The smallest absolute Gasteiger partial charge is 0.0342 e. The molecule has 2 heteroatoms. The van der Waals surface area contributed by atoms with E-state index in [0.717, 1.165) is 23.8 Å². The molecule has 1 N–H and O–H groups in total. The van der Waals surface area contributed by atoms with E-state index in [2.05, 4.69) is 5.32 Å². The van der Waals surface area contributed by atoms with Crippen LogP contribution in [0.3, 0.4) is 0 Å². The summed E-state index contributed by atoms with van der Waals surface area (Å²) in [6, 6.07) is 0.864. The molecular formula is C12H20ClN. The van der Waals surface area contributed by atoms with Crippen molar-refractivity contribution < 1.29 is 0 Å².